The van der Waals surface area contributed by atoms with Gasteiger partial charge in [0.1, 0.15) is 6.04 Å². The SMILES string of the molecule is O=C(CCC1CCCCN1)NNC(=O)[C@H]1CC[C@@H]2CN1C(=O)N2OS(=O)(=O)O. The third-order valence-electron chi connectivity index (χ3n) is 5.26. The van der Waals surface area contributed by atoms with E-state index >= 15 is 0 Å². The van der Waals surface area contributed by atoms with E-state index < -0.39 is 34.4 Å². The van der Waals surface area contributed by atoms with Crippen molar-refractivity contribution in [1.82, 2.24) is 26.1 Å². The molecule has 2 bridgehead atoms. The number of hydrazine groups is 1. The summed E-state index contributed by atoms with van der Waals surface area (Å²) in [6, 6.07) is -1.95. The summed E-state index contributed by atoms with van der Waals surface area (Å²) in [6.45, 7) is 1.04. The average molecular weight is 419 g/mol. The van der Waals surface area contributed by atoms with Crippen LogP contribution in [0, 0.1) is 0 Å². The molecule has 4 N–H and O–H groups in total. The van der Waals surface area contributed by atoms with Crippen LogP contribution in [-0.4, -0.2) is 72.0 Å². The van der Waals surface area contributed by atoms with E-state index in [9.17, 15) is 22.8 Å². The van der Waals surface area contributed by atoms with Crippen molar-refractivity contribution in [3.63, 3.8) is 0 Å². The van der Waals surface area contributed by atoms with Crippen LogP contribution < -0.4 is 16.2 Å². The molecule has 0 aromatic rings. The van der Waals surface area contributed by atoms with E-state index in [1.165, 1.54) is 0 Å². The molecule has 3 rings (SSSR count). The number of urea groups is 1. The molecule has 28 heavy (non-hydrogen) atoms. The second-order valence-corrected chi connectivity index (χ2v) is 8.24. The zero-order valence-corrected chi connectivity index (χ0v) is 16.1. The van der Waals surface area contributed by atoms with Gasteiger partial charge in [-0.1, -0.05) is 6.42 Å². The summed E-state index contributed by atoms with van der Waals surface area (Å²) in [4.78, 5) is 37.8. The fourth-order valence-corrected chi connectivity index (χ4v) is 4.25. The Labute approximate surface area is 162 Å². The Morgan fingerprint density at radius 2 is 2.00 bits per heavy atom. The summed E-state index contributed by atoms with van der Waals surface area (Å²) >= 11 is 0. The van der Waals surface area contributed by atoms with Gasteiger partial charge in [-0.25, -0.2) is 4.79 Å². The van der Waals surface area contributed by atoms with Crippen molar-refractivity contribution >= 4 is 28.2 Å². The Balaban J connectivity index is 1.46. The molecule has 3 saturated heterocycles. The molecule has 0 aromatic heterocycles. The first-order valence-electron chi connectivity index (χ1n) is 9.33. The highest BCUT2D eigenvalue weighted by atomic mass is 32.3. The first-order valence-corrected chi connectivity index (χ1v) is 10.7. The van der Waals surface area contributed by atoms with Gasteiger partial charge < -0.3 is 10.2 Å². The van der Waals surface area contributed by atoms with Crippen LogP contribution in [0.5, 0.6) is 0 Å². The molecule has 0 aromatic carbocycles. The Morgan fingerprint density at radius 3 is 2.68 bits per heavy atom. The highest BCUT2D eigenvalue weighted by molar-refractivity contribution is 7.80. The predicted molar refractivity (Wildman–Crippen MR) is 94.5 cm³/mol. The predicted octanol–water partition coefficient (Wildman–Crippen LogP) is -0.941. The minimum atomic E-state index is -4.84. The second-order valence-electron chi connectivity index (χ2n) is 7.23. The van der Waals surface area contributed by atoms with Crippen molar-refractivity contribution in [3.05, 3.63) is 0 Å². The lowest BCUT2D eigenvalue weighted by molar-refractivity contribution is -0.132. The number of carbonyl (C=O) groups excluding carboxylic acids is 3. The van der Waals surface area contributed by atoms with Gasteiger partial charge in [0, 0.05) is 19.0 Å². The molecule has 4 amide bonds. The maximum absolute atomic E-state index is 12.4. The van der Waals surface area contributed by atoms with Crippen LogP contribution in [0.1, 0.15) is 44.9 Å². The molecule has 3 aliphatic heterocycles. The van der Waals surface area contributed by atoms with E-state index in [4.69, 9.17) is 4.55 Å². The van der Waals surface area contributed by atoms with Crippen molar-refractivity contribution in [2.45, 2.75) is 63.1 Å². The summed E-state index contributed by atoms with van der Waals surface area (Å²) < 4.78 is 34.8. The number of piperidine rings is 2. The number of nitrogens with one attached hydrogen (secondary N) is 3. The molecule has 0 spiro atoms. The summed E-state index contributed by atoms with van der Waals surface area (Å²) in [5.41, 5.74) is 4.68. The lowest BCUT2D eigenvalue weighted by atomic mass is 10.0. The molecule has 0 saturated carbocycles. The van der Waals surface area contributed by atoms with Crippen LogP contribution in [0.4, 0.5) is 4.79 Å². The molecule has 158 valence electrons. The van der Waals surface area contributed by atoms with Crippen LogP contribution in [0.25, 0.3) is 0 Å². The smallest absolute Gasteiger partial charge is 0.314 e. The Kier molecular flexibility index (Phi) is 6.37. The zero-order valence-electron chi connectivity index (χ0n) is 15.3. The van der Waals surface area contributed by atoms with E-state index in [-0.39, 0.29) is 25.3 Å². The van der Waals surface area contributed by atoms with Gasteiger partial charge >= 0.3 is 16.4 Å². The van der Waals surface area contributed by atoms with Gasteiger partial charge in [-0.15, -0.1) is 4.28 Å². The van der Waals surface area contributed by atoms with Gasteiger partial charge in [-0.2, -0.15) is 13.5 Å². The molecule has 0 radical (unpaired) electrons. The quantitative estimate of drug-likeness (QED) is 0.317. The number of rotatable bonds is 6. The summed E-state index contributed by atoms with van der Waals surface area (Å²) in [6.07, 6.45) is 4.85. The van der Waals surface area contributed by atoms with E-state index in [2.05, 4.69) is 20.5 Å². The molecular weight excluding hydrogens is 394 g/mol. The molecule has 12 nitrogen and oxygen atoms in total. The molecule has 1 unspecified atom stereocenters. The average Bonchev–Trinajstić information content (AvgIpc) is 2.89. The standard InChI is InChI=1S/C15H25N5O7S/c21-13(7-4-10-3-1-2-8-16-10)17-18-14(22)12-6-5-11-9-19(12)15(23)20(11)27-28(24,25)26/h10-12,16H,1-9H2,(H,17,21)(H,18,22)(H,24,25,26)/t10?,11-,12-/m1/s1. The highest BCUT2D eigenvalue weighted by Gasteiger charge is 2.49. The zero-order chi connectivity index (χ0) is 20.3. The molecular formula is C15H25N5O7S. The van der Waals surface area contributed by atoms with Crippen molar-refractivity contribution in [2.24, 2.45) is 0 Å². The van der Waals surface area contributed by atoms with Gasteiger partial charge in [-0.05, 0) is 38.6 Å². The van der Waals surface area contributed by atoms with Crippen LogP contribution in [0.15, 0.2) is 0 Å². The fraction of sp³-hybridized carbons (Fsp3) is 0.800. The molecule has 13 heteroatoms. The maximum Gasteiger partial charge on any atom is 0.418 e. The monoisotopic (exact) mass is 419 g/mol. The third kappa shape index (κ3) is 5.10. The molecule has 0 aliphatic carbocycles. The number of hydrogen-bond donors (Lipinski definition) is 4. The molecule has 3 fully saturated rings. The molecule has 3 heterocycles. The lowest BCUT2D eigenvalue weighted by Gasteiger charge is -2.29. The summed E-state index contributed by atoms with van der Waals surface area (Å²) in [5, 5.41) is 3.91. The van der Waals surface area contributed by atoms with Crippen LogP contribution >= 0.6 is 0 Å². The Hall–Kier alpha value is -1.96. The topological polar surface area (TPSA) is 157 Å². The normalized spacial score (nSPS) is 27.6. The van der Waals surface area contributed by atoms with Crippen molar-refractivity contribution in [3.8, 4) is 0 Å². The van der Waals surface area contributed by atoms with E-state index in [0.29, 0.717) is 23.9 Å². The van der Waals surface area contributed by atoms with Crippen LogP contribution in [0.2, 0.25) is 0 Å². The fourth-order valence-electron chi connectivity index (χ4n) is 3.86. The van der Waals surface area contributed by atoms with Crippen molar-refractivity contribution in [1.29, 1.82) is 0 Å². The van der Waals surface area contributed by atoms with E-state index in [1.54, 1.807) is 0 Å². The number of fused-ring (bicyclic) bond motifs is 2. The first kappa shape index (κ1) is 20.8. The maximum atomic E-state index is 12.4. The number of hydrogen-bond acceptors (Lipinski definition) is 7. The molecule has 3 aliphatic rings. The molecule has 3 atom stereocenters. The van der Waals surface area contributed by atoms with Crippen LogP contribution in [0.3, 0.4) is 0 Å². The van der Waals surface area contributed by atoms with E-state index in [0.717, 1.165) is 30.7 Å². The highest BCUT2D eigenvalue weighted by Crippen LogP contribution is 2.30. The largest absolute Gasteiger partial charge is 0.418 e. The van der Waals surface area contributed by atoms with Gasteiger partial charge in [0.15, 0.2) is 0 Å². The second kappa shape index (κ2) is 8.59. The number of nitrogens with zero attached hydrogens (tertiary/aromatic N) is 2. The van der Waals surface area contributed by atoms with Crippen LogP contribution in [-0.2, 0) is 24.3 Å². The number of amides is 4. The third-order valence-corrected chi connectivity index (χ3v) is 5.61. The van der Waals surface area contributed by atoms with Gasteiger partial charge in [-0.3, -0.25) is 25.0 Å². The minimum Gasteiger partial charge on any atom is -0.314 e. The number of carbonyl (C=O) groups is 3. The number of hydroxylamine groups is 2. The van der Waals surface area contributed by atoms with Crippen molar-refractivity contribution < 1.29 is 31.6 Å². The summed E-state index contributed by atoms with van der Waals surface area (Å²) in [7, 11) is -4.84. The Bertz CT molecular complexity index is 724. The van der Waals surface area contributed by atoms with Gasteiger partial charge in [0.05, 0.1) is 6.04 Å². The van der Waals surface area contributed by atoms with Gasteiger partial charge in [0.25, 0.3) is 5.91 Å². The van der Waals surface area contributed by atoms with E-state index in [1.807, 2.05) is 0 Å². The lowest BCUT2D eigenvalue weighted by Crippen LogP contribution is -2.54. The summed E-state index contributed by atoms with van der Waals surface area (Å²) in [5.74, 6) is -0.886. The minimum absolute atomic E-state index is 0.0910. The van der Waals surface area contributed by atoms with Gasteiger partial charge in [0.2, 0.25) is 5.91 Å². The van der Waals surface area contributed by atoms with Crippen molar-refractivity contribution in [2.75, 3.05) is 13.1 Å². The first-order chi connectivity index (χ1) is 13.2. The Morgan fingerprint density at radius 1 is 1.21 bits per heavy atom.